The average Bonchev–Trinajstić information content (AvgIpc) is 2.03. The van der Waals surface area contributed by atoms with Crippen molar-refractivity contribution in [3.8, 4) is 0 Å². The van der Waals surface area contributed by atoms with E-state index in [1.165, 1.54) is 0 Å². The molecule has 0 aromatic carbocycles. The molecule has 0 saturated heterocycles. The summed E-state index contributed by atoms with van der Waals surface area (Å²) in [6, 6.07) is 0. The maximum atomic E-state index is 8.00. The lowest BCUT2D eigenvalue weighted by Gasteiger charge is -0.837. The molecular formula is C4H8O4. The second-order valence-electron chi connectivity index (χ2n) is 0. The van der Waals surface area contributed by atoms with Gasteiger partial charge in [-0.3, -0.25) is 0 Å². The van der Waals surface area contributed by atoms with Gasteiger partial charge >= 0.3 is 0 Å². The van der Waals surface area contributed by atoms with E-state index in [0.29, 0.717) is 0 Å². The summed E-state index contributed by atoms with van der Waals surface area (Å²) in [5.41, 5.74) is 0. The Kier molecular flexibility index (Phi) is 268. The zero-order valence-electron chi connectivity index (χ0n) is 4.46. The lowest BCUT2D eigenvalue weighted by atomic mass is 11.9. The van der Waals surface area contributed by atoms with Crippen molar-refractivity contribution in [3.05, 3.63) is 0 Å². The largest absolute Gasteiger partial charge is 0.307 e. The van der Waals surface area contributed by atoms with Crippen LogP contribution in [-0.2, 0) is 19.2 Å². The van der Waals surface area contributed by atoms with Gasteiger partial charge in [0.05, 0.1) is 0 Å². The Bertz CT molecular complexity index is 16.0. The molecule has 0 N–H and O–H groups in total. The van der Waals surface area contributed by atoms with E-state index in [0.717, 1.165) is 0 Å². The molecule has 0 aromatic heterocycles. The first-order valence-corrected chi connectivity index (χ1v) is 1.15. The van der Waals surface area contributed by atoms with Crippen LogP contribution in [-0.4, -0.2) is 27.2 Å². The third-order valence-corrected chi connectivity index (χ3v) is 0. The van der Waals surface area contributed by atoms with Crippen molar-refractivity contribution in [2.24, 2.45) is 0 Å². The van der Waals surface area contributed by atoms with Crippen molar-refractivity contribution in [1.29, 1.82) is 0 Å². The monoisotopic (exact) mass is 120 g/mol. The summed E-state index contributed by atoms with van der Waals surface area (Å²) in [7, 11) is 0. The molecule has 0 aliphatic heterocycles. The molecule has 0 radical (unpaired) electrons. The third-order valence-electron chi connectivity index (χ3n) is 0. The first kappa shape index (κ1) is 30.0. The van der Waals surface area contributed by atoms with Gasteiger partial charge in [-0.1, -0.05) is 0 Å². The Hall–Kier alpha value is -1.32. The van der Waals surface area contributed by atoms with Crippen LogP contribution in [0.15, 0.2) is 0 Å². The fourth-order valence-electron chi connectivity index (χ4n) is 0. The van der Waals surface area contributed by atoms with Crippen LogP contribution in [0, 0.1) is 0 Å². The molecule has 0 spiro atoms. The van der Waals surface area contributed by atoms with Crippen molar-refractivity contribution in [3.63, 3.8) is 0 Å². The van der Waals surface area contributed by atoms with Crippen molar-refractivity contribution >= 4 is 27.2 Å². The van der Waals surface area contributed by atoms with Crippen LogP contribution in [0.5, 0.6) is 0 Å². The maximum absolute atomic E-state index is 8.00. The van der Waals surface area contributed by atoms with E-state index in [-0.39, 0.29) is 0 Å². The van der Waals surface area contributed by atoms with Gasteiger partial charge in [0.15, 0.2) is 0 Å². The Labute approximate surface area is 47.5 Å². The second kappa shape index (κ2) is 71.4. The SMILES string of the molecule is C=O.C=O.C=O.C=O. The molecule has 0 bridgehead atoms. The minimum Gasteiger partial charge on any atom is -0.307 e. The standard InChI is InChI=1S/4CH2O/c4*1-2/h4*1H2. The van der Waals surface area contributed by atoms with Gasteiger partial charge in [-0.05, 0) is 0 Å². The Morgan fingerprint density at radius 2 is 0.375 bits per heavy atom. The van der Waals surface area contributed by atoms with E-state index < -0.39 is 0 Å². The van der Waals surface area contributed by atoms with Crippen LogP contribution in [0.25, 0.3) is 0 Å². The van der Waals surface area contributed by atoms with Crippen molar-refractivity contribution < 1.29 is 19.2 Å². The Balaban J connectivity index is -0.0000000133. The fourth-order valence-corrected chi connectivity index (χ4v) is 0. The molecule has 0 aromatic rings. The second-order valence-corrected chi connectivity index (χ2v) is 0. The van der Waals surface area contributed by atoms with E-state index >= 15 is 0 Å². The average molecular weight is 120 g/mol. The highest BCUT2D eigenvalue weighted by Crippen LogP contribution is 0.500. The summed E-state index contributed by atoms with van der Waals surface area (Å²) in [6.45, 7) is 8.00. The minimum absolute atomic E-state index is 2.00. The maximum Gasteiger partial charge on any atom is 0.106 e. The first-order chi connectivity index (χ1) is 4.00. The molecule has 0 unspecified atom stereocenters. The van der Waals surface area contributed by atoms with Gasteiger partial charge in [0, 0.05) is 0 Å². The van der Waals surface area contributed by atoms with Crippen molar-refractivity contribution in [1.82, 2.24) is 0 Å². The highest BCUT2D eigenvalue weighted by molar-refractivity contribution is 5.11. The summed E-state index contributed by atoms with van der Waals surface area (Å²) < 4.78 is 0. The molecule has 0 saturated carbocycles. The van der Waals surface area contributed by atoms with Gasteiger partial charge in [-0.2, -0.15) is 0 Å². The quantitative estimate of drug-likeness (QED) is 0.422. The predicted molar refractivity (Wildman–Crippen MR) is 28.5 cm³/mol. The lowest BCUT2D eigenvalue weighted by Crippen LogP contribution is -0.925. The van der Waals surface area contributed by atoms with Crippen LogP contribution >= 0.6 is 0 Å². The topological polar surface area (TPSA) is 68.3 Å². The molecule has 0 aliphatic rings. The molecule has 48 valence electrons. The van der Waals surface area contributed by atoms with Gasteiger partial charge < -0.3 is 19.2 Å². The number of hydrogen-bond acceptors (Lipinski definition) is 4. The van der Waals surface area contributed by atoms with E-state index in [4.69, 9.17) is 19.2 Å². The molecule has 4 nitrogen and oxygen atoms in total. The highest BCUT2D eigenvalue weighted by atomic mass is 16.1. The number of carbonyl (C=O) groups is 4. The molecule has 0 rings (SSSR count). The summed E-state index contributed by atoms with van der Waals surface area (Å²) in [4.78, 5) is 32.0. The third kappa shape index (κ3) is 36.4. The van der Waals surface area contributed by atoms with E-state index in [9.17, 15) is 0 Å². The van der Waals surface area contributed by atoms with Crippen LogP contribution in [0.1, 0.15) is 0 Å². The lowest BCUT2D eigenvalue weighted by molar-refractivity contribution is -0.0987. The molecule has 0 heterocycles. The number of carbonyl (C=O) groups excluding carboxylic acids is 4. The first-order valence-electron chi connectivity index (χ1n) is 1.15. The van der Waals surface area contributed by atoms with Crippen LogP contribution in [0.2, 0.25) is 0 Å². The van der Waals surface area contributed by atoms with Gasteiger partial charge in [0.25, 0.3) is 0 Å². The number of rotatable bonds is 0. The number of hydrogen-bond donors (Lipinski definition) is 0. The summed E-state index contributed by atoms with van der Waals surface area (Å²) in [5.74, 6) is 0. The van der Waals surface area contributed by atoms with Crippen LogP contribution in [0.4, 0.5) is 0 Å². The molecular weight excluding hydrogens is 112 g/mol. The summed E-state index contributed by atoms with van der Waals surface area (Å²) in [5, 5.41) is 0. The summed E-state index contributed by atoms with van der Waals surface area (Å²) in [6.07, 6.45) is 0. The van der Waals surface area contributed by atoms with E-state index in [2.05, 4.69) is 0 Å². The Morgan fingerprint density at radius 1 is 0.375 bits per heavy atom. The molecule has 8 heavy (non-hydrogen) atoms. The van der Waals surface area contributed by atoms with Gasteiger partial charge in [-0.15, -0.1) is 0 Å². The fraction of sp³-hybridized carbons (Fsp3) is 0. The highest BCUT2D eigenvalue weighted by Gasteiger charge is 0.642. The molecule has 4 heteroatoms. The molecule has 0 atom stereocenters. The smallest absolute Gasteiger partial charge is 0.106 e. The van der Waals surface area contributed by atoms with Crippen LogP contribution < -0.4 is 0 Å². The van der Waals surface area contributed by atoms with Crippen molar-refractivity contribution in [2.75, 3.05) is 0 Å². The zero-order chi connectivity index (χ0) is 8.00. The summed E-state index contributed by atoms with van der Waals surface area (Å²) >= 11 is 0. The van der Waals surface area contributed by atoms with Gasteiger partial charge in [0.2, 0.25) is 0 Å². The Morgan fingerprint density at radius 3 is 0.375 bits per heavy atom. The molecule has 0 aliphatic carbocycles. The van der Waals surface area contributed by atoms with E-state index in [1.54, 1.807) is 0 Å². The predicted octanol–water partition coefficient (Wildman–Crippen LogP) is -0.740. The van der Waals surface area contributed by atoms with Crippen LogP contribution in [0.3, 0.4) is 0 Å². The van der Waals surface area contributed by atoms with Crippen molar-refractivity contribution in [2.45, 2.75) is 0 Å². The van der Waals surface area contributed by atoms with Gasteiger partial charge in [0.1, 0.15) is 27.2 Å². The minimum atomic E-state index is 2.00. The molecule has 0 fully saturated rings. The zero-order valence-corrected chi connectivity index (χ0v) is 4.46. The normalized spacial score (nSPS) is 2.00. The van der Waals surface area contributed by atoms with E-state index in [1.807, 2.05) is 27.2 Å². The molecule has 0 amide bonds. The van der Waals surface area contributed by atoms with Gasteiger partial charge in [-0.25, -0.2) is 0 Å².